The summed E-state index contributed by atoms with van der Waals surface area (Å²) < 4.78 is 21.5. The summed E-state index contributed by atoms with van der Waals surface area (Å²) in [6.07, 6.45) is 5.69. The van der Waals surface area contributed by atoms with Gasteiger partial charge in [-0.1, -0.05) is 11.3 Å². The van der Waals surface area contributed by atoms with Crippen LogP contribution >= 0.6 is 11.3 Å². The first-order chi connectivity index (χ1) is 12.8. The summed E-state index contributed by atoms with van der Waals surface area (Å²) in [6, 6.07) is 5.52. The second-order valence-electron chi connectivity index (χ2n) is 5.71. The number of hydrogen-bond acceptors (Lipinski definition) is 8. The molecule has 0 atom stereocenters. The molecule has 3 aromatic rings. The molecule has 0 saturated carbocycles. The molecule has 7 nitrogen and oxygen atoms in total. The summed E-state index contributed by atoms with van der Waals surface area (Å²) >= 11 is 1.65. The Morgan fingerprint density at radius 1 is 1.27 bits per heavy atom. The number of ether oxygens (including phenoxy) is 3. The zero-order chi connectivity index (χ0) is 17.8. The standard InChI is InChI=1S/C18H19N3O4S/c1-22-12-24-13-2-4-15-16(10-13)25-17(20-15)5-3-14-11-19-18(26-14)21-6-8-23-9-7-21/h2-5,10-11H,6-9,12H2,1H3/b5-3+. The van der Waals surface area contributed by atoms with Gasteiger partial charge in [0.2, 0.25) is 5.89 Å². The number of anilines is 1. The van der Waals surface area contributed by atoms with Gasteiger partial charge in [0.05, 0.1) is 13.2 Å². The minimum absolute atomic E-state index is 0.198. The molecular formula is C18H19N3O4S. The van der Waals surface area contributed by atoms with Crippen molar-refractivity contribution >= 4 is 39.7 Å². The molecule has 0 unspecified atom stereocenters. The number of rotatable bonds is 6. The van der Waals surface area contributed by atoms with Crippen LogP contribution < -0.4 is 9.64 Å². The lowest BCUT2D eigenvalue weighted by molar-refractivity contribution is 0.0512. The highest BCUT2D eigenvalue weighted by molar-refractivity contribution is 7.16. The minimum atomic E-state index is 0.198. The van der Waals surface area contributed by atoms with Crippen LogP contribution in [0.15, 0.2) is 28.8 Å². The number of fused-ring (bicyclic) bond motifs is 1. The van der Waals surface area contributed by atoms with Gasteiger partial charge in [0, 0.05) is 43.4 Å². The normalized spacial score (nSPS) is 15.2. The third-order valence-electron chi connectivity index (χ3n) is 3.90. The van der Waals surface area contributed by atoms with Crippen LogP contribution in [0.5, 0.6) is 5.75 Å². The lowest BCUT2D eigenvalue weighted by atomic mass is 10.3. The molecule has 4 rings (SSSR count). The van der Waals surface area contributed by atoms with Gasteiger partial charge < -0.3 is 23.5 Å². The van der Waals surface area contributed by atoms with Crippen LogP contribution in [-0.2, 0) is 9.47 Å². The SMILES string of the molecule is COCOc1ccc2nc(/C=C/c3cnc(N4CCOCC4)s3)oc2c1. The van der Waals surface area contributed by atoms with Gasteiger partial charge in [0.25, 0.3) is 0 Å². The van der Waals surface area contributed by atoms with Crippen molar-refractivity contribution in [3.63, 3.8) is 0 Å². The molecule has 1 aliphatic heterocycles. The molecule has 3 heterocycles. The maximum Gasteiger partial charge on any atom is 0.220 e. The summed E-state index contributed by atoms with van der Waals surface area (Å²) in [7, 11) is 1.58. The second-order valence-corrected chi connectivity index (χ2v) is 6.75. The van der Waals surface area contributed by atoms with E-state index in [4.69, 9.17) is 18.6 Å². The van der Waals surface area contributed by atoms with Crippen molar-refractivity contribution in [2.24, 2.45) is 0 Å². The maximum absolute atomic E-state index is 5.77. The topological polar surface area (TPSA) is 69.9 Å². The lowest BCUT2D eigenvalue weighted by Crippen LogP contribution is -2.36. The molecule has 0 bridgehead atoms. The minimum Gasteiger partial charge on any atom is -0.467 e. The predicted molar refractivity (Wildman–Crippen MR) is 101 cm³/mol. The molecule has 0 aliphatic carbocycles. The van der Waals surface area contributed by atoms with Crippen molar-refractivity contribution in [1.29, 1.82) is 0 Å². The molecule has 2 aromatic heterocycles. The average molecular weight is 373 g/mol. The van der Waals surface area contributed by atoms with Crippen LogP contribution in [0.2, 0.25) is 0 Å². The van der Waals surface area contributed by atoms with E-state index in [0.29, 0.717) is 17.2 Å². The van der Waals surface area contributed by atoms with Gasteiger partial charge in [-0.25, -0.2) is 9.97 Å². The fourth-order valence-electron chi connectivity index (χ4n) is 2.62. The van der Waals surface area contributed by atoms with Crippen LogP contribution in [0.25, 0.3) is 23.3 Å². The average Bonchev–Trinajstić information content (AvgIpc) is 3.31. The number of thiazole rings is 1. The van der Waals surface area contributed by atoms with Crippen molar-refractivity contribution in [2.75, 3.05) is 45.1 Å². The second kappa shape index (κ2) is 7.86. The van der Waals surface area contributed by atoms with Gasteiger partial charge in [0.15, 0.2) is 17.5 Å². The molecule has 1 aliphatic rings. The van der Waals surface area contributed by atoms with Crippen molar-refractivity contribution in [3.8, 4) is 5.75 Å². The summed E-state index contributed by atoms with van der Waals surface area (Å²) in [5, 5.41) is 1.02. The Bertz CT molecular complexity index is 899. The molecule has 0 amide bonds. The first-order valence-electron chi connectivity index (χ1n) is 8.31. The highest BCUT2D eigenvalue weighted by Crippen LogP contribution is 2.26. The Balaban J connectivity index is 1.47. The molecule has 0 radical (unpaired) electrons. The first-order valence-corrected chi connectivity index (χ1v) is 9.12. The predicted octanol–water partition coefficient (Wildman–Crippen LogP) is 3.27. The largest absolute Gasteiger partial charge is 0.467 e. The zero-order valence-corrected chi connectivity index (χ0v) is 15.2. The lowest BCUT2D eigenvalue weighted by Gasteiger charge is -2.25. The highest BCUT2D eigenvalue weighted by atomic mass is 32.1. The van der Waals surface area contributed by atoms with Crippen molar-refractivity contribution in [2.45, 2.75) is 0 Å². The Labute approximate surface area is 154 Å². The Kier molecular flexibility index (Phi) is 5.14. The highest BCUT2D eigenvalue weighted by Gasteiger charge is 2.14. The Morgan fingerprint density at radius 2 is 2.15 bits per heavy atom. The fourth-order valence-corrected chi connectivity index (χ4v) is 3.49. The molecule has 136 valence electrons. The van der Waals surface area contributed by atoms with E-state index in [1.165, 1.54) is 0 Å². The van der Waals surface area contributed by atoms with Gasteiger partial charge in [0.1, 0.15) is 11.3 Å². The molecule has 8 heteroatoms. The van der Waals surface area contributed by atoms with Gasteiger partial charge in [-0.2, -0.15) is 0 Å². The summed E-state index contributed by atoms with van der Waals surface area (Å²) in [5.41, 5.74) is 1.46. The number of hydrogen-bond donors (Lipinski definition) is 0. The fraction of sp³-hybridized carbons (Fsp3) is 0.333. The van der Waals surface area contributed by atoms with Gasteiger partial charge >= 0.3 is 0 Å². The third kappa shape index (κ3) is 3.87. The molecule has 1 saturated heterocycles. The van der Waals surface area contributed by atoms with E-state index in [9.17, 15) is 0 Å². The number of nitrogens with zero attached hydrogens (tertiary/aromatic N) is 3. The van der Waals surface area contributed by atoms with Gasteiger partial charge in [-0.3, -0.25) is 0 Å². The van der Waals surface area contributed by atoms with E-state index in [1.807, 2.05) is 36.5 Å². The van der Waals surface area contributed by atoms with E-state index in [2.05, 4.69) is 14.9 Å². The Morgan fingerprint density at radius 3 is 3.00 bits per heavy atom. The summed E-state index contributed by atoms with van der Waals surface area (Å²) in [6.45, 7) is 3.47. The molecule has 0 N–H and O–H groups in total. The van der Waals surface area contributed by atoms with Crippen molar-refractivity contribution in [1.82, 2.24) is 9.97 Å². The monoisotopic (exact) mass is 373 g/mol. The third-order valence-corrected chi connectivity index (χ3v) is 4.93. The van der Waals surface area contributed by atoms with Crippen LogP contribution in [-0.4, -0.2) is 50.2 Å². The van der Waals surface area contributed by atoms with E-state index < -0.39 is 0 Å². The van der Waals surface area contributed by atoms with E-state index in [0.717, 1.165) is 41.8 Å². The van der Waals surface area contributed by atoms with Crippen LogP contribution in [0.1, 0.15) is 10.8 Å². The van der Waals surface area contributed by atoms with Crippen LogP contribution in [0.3, 0.4) is 0 Å². The number of aromatic nitrogens is 2. The van der Waals surface area contributed by atoms with E-state index in [1.54, 1.807) is 18.4 Å². The molecule has 0 spiro atoms. The summed E-state index contributed by atoms with van der Waals surface area (Å²) in [4.78, 5) is 12.3. The summed E-state index contributed by atoms with van der Waals surface area (Å²) in [5.74, 6) is 1.23. The quantitative estimate of drug-likeness (QED) is 0.614. The smallest absolute Gasteiger partial charge is 0.220 e. The van der Waals surface area contributed by atoms with E-state index >= 15 is 0 Å². The van der Waals surface area contributed by atoms with E-state index in [-0.39, 0.29) is 6.79 Å². The molecular weight excluding hydrogens is 354 g/mol. The number of methoxy groups -OCH3 is 1. The van der Waals surface area contributed by atoms with Gasteiger partial charge in [-0.15, -0.1) is 0 Å². The number of oxazole rings is 1. The number of morpholine rings is 1. The molecule has 26 heavy (non-hydrogen) atoms. The Hall–Kier alpha value is -2.42. The molecule has 1 aromatic carbocycles. The van der Waals surface area contributed by atoms with Crippen molar-refractivity contribution < 1.29 is 18.6 Å². The zero-order valence-electron chi connectivity index (χ0n) is 14.4. The maximum atomic E-state index is 5.77. The molecule has 1 fully saturated rings. The first kappa shape index (κ1) is 17.0. The van der Waals surface area contributed by atoms with Crippen LogP contribution in [0.4, 0.5) is 5.13 Å². The number of benzene rings is 1. The van der Waals surface area contributed by atoms with Crippen LogP contribution in [0, 0.1) is 0 Å². The van der Waals surface area contributed by atoms with Gasteiger partial charge in [-0.05, 0) is 18.2 Å². The van der Waals surface area contributed by atoms with Crippen molar-refractivity contribution in [3.05, 3.63) is 35.2 Å².